The summed E-state index contributed by atoms with van der Waals surface area (Å²) in [5.74, 6) is 6.35. The molecule has 0 spiro atoms. The highest BCUT2D eigenvalue weighted by Crippen LogP contribution is 2.29. The molecule has 2 rings (SSSR count). The molecule has 0 saturated carbocycles. The zero-order valence-corrected chi connectivity index (χ0v) is 10.6. The maximum Gasteiger partial charge on any atom is 0.209 e. The summed E-state index contributed by atoms with van der Waals surface area (Å²) in [6.07, 6.45) is 1.88. The maximum absolute atomic E-state index is 6.06. The molecule has 0 fully saturated rings. The fraction of sp³-hybridized carbons (Fsp3) is 0.111. The van der Waals surface area contributed by atoms with E-state index in [1.54, 1.807) is 18.2 Å². The first-order valence-corrected chi connectivity index (χ1v) is 6.31. The molecule has 16 heavy (non-hydrogen) atoms. The predicted octanol–water partition coefficient (Wildman–Crippen LogP) is 2.69. The number of thioether (sulfide) groups is 1. The van der Waals surface area contributed by atoms with E-state index in [1.807, 2.05) is 6.26 Å². The molecule has 1 aromatic carbocycles. The molecule has 0 unspecified atom stereocenters. The van der Waals surface area contributed by atoms with Crippen LogP contribution in [-0.2, 0) is 0 Å². The lowest BCUT2D eigenvalue weighted by Gasteiger charge is -2.04. The third-order valence-electron chi connectivity index (χ3n) is 2.02. The Labute approximate surface area is 107 Å². The highest BCUT2D eigenvalue weighted by molar-refractivity contribution is 7.98. The first-order chi connectivity index (χ1) is 7.63. The molecule has 1 heterocycles. The Balaban J connectivity index is 2.54. The Hall–Kier alpha value is -0.910. The summed E-state index contributed by atoms with van der Waals surface area (Å²) in [6.45, 7) is 0. The van der Waals surface area contributed by atoms with Crippen LogP contribution in [0.5, 0.6) is 0 Å². The number of benzene rings is 1. The Morgan fingerprint density at radius 1 is 1.31 bits per heavy atom. The third kappa shape index (κ3) is 1.98. The number of aromatic nitrogens is 3. The number of hydrogen-bond acceptors (Lipinski definition) is 4. The summed E-state index contributed by atoms with van der Waals surface area (Å²) in [5.41, 5.74) is 0.710. The van der Waals surface area contributed by atoms with Crippen LogP contribution >= 0.6 is 35.0 Å². The maximum atomic E-state index is 6.06. The molecule has 0 aliphatic rings. The lowest BCUT2D eigenvalue weighted by molar-refractivity contribution is 0.852. The lowest BCUT2D eigenvalue weighted by atomic mass is 10.2. The summed E-state index contributed by atoms with van der Waals surface area (Å²) in [7, 11) is 0. The quantitative estimate of drug-likeness (QED) is 0.676. The molecule has 7 heteroatoms. The van der Waals surface area contributed by atoms with Crippen molar-refractivity contribution in [1.29, 1.82) is 0 Å². The largest absolute Gasteiger partial charge is 0.335 e. The molecule has 2 N–H and O–H groups in total. The Bertz CT molecular complexity index is 526. The van der Waals surface area contributed by atoms with Gasteiger partial charge in [0.15, 0.2) is 5.82 Å². The second kappa shape index (κ2) is 4.53. The molecule has 0 saturated heterocycles. The van der Waals surface area contributed by atoms with Gasteiger partial charge in [0, 0.05) is 10.6 Å². The molecule has 0 atom stereocenters. The summed E-state index contributed by atoms with van der Waals surface area (Å²) in [6, 6.07) is 5.14. The smallest absolute Gasteiger partial charge is 0.209 e. The van der Waals surface area contributed by atoms with Gasteiger partial charge < -0.3 is 5.84 Å². The van der Waals surface area contributed by atoms with E-state index in [0.717, 1.165) is 0 Å². The van der Waals surface area contributed by atoms with Crippen molar-refractivity contribution in [2.75, 3.05) is 12.1 Å². The molecule has 0 radical (unpaired) electrons. The number of halogens is 2. The van der Waals surface area contributed by atoms with Gasteiger partial charge >= 0.3 is 0 Å². The van der Waals surface area contributed by atoms with Gasteiger partial charge in [-0.2, -0.15) is 0 Å². The van der Waals surface area contributed by atoms with Gasteiger partial charge in [0.25, 0.3) is 0 Å². The van der Waals surface area contributed by atoms with Crippen LogP contribution < -0.4 is 5.84 Å². The molecule has 0 amide bonds. The SMILES string of the molecule is CSc1nnc(-c2ccc(Cl)cc2Cl)n1N. The zero-order chi connectivity index (χ0) is 11.7. The molecule has 84 valence electrons. The van der Waals surface area contributed by atoms with Crippen molar-refractivity contribution in [3.63, 3.8) is 0 Å². The van der Waals surface area contributed by atoms with Gasteiger partial charge in [0.05, 0.1) is 5.02 Å². The van der Waals surface area contributed by atoms with Crippen LogP contribution in [0.25, 0.3) is 11.4 Å². The predicted molar refractivity (Wildman–Crippen MR) is 67.4 cm³/mol. The van der Waals surface area contributed by atoms with E-state index in [-0.39, 0.29) is 0 Å². The van der Waals surface area contributed by atoms with Crippen LogP contribution in [0, 0.1) is 0 Å². The number of nitrogens with two attached hydrogens (primary N) is 1. The van der Waals surface area contributed by atoms with Crippen LogP contribution in [0.3, 0.4) is 0 Å². The van der Waals surface area contributed by atoms with E-state index in [4.69, 9.17) is 29.0 Å². The lowest BCUT2D eigenvalue weighted by Crippen LogP contribution is -2.11. The van der Waals surface area contributed by atoms with E-state index < -0.39 is 0 Å². The first-order valence-electron chi connectivity index (χ1n) is 4.33. The first kappa shape index (κ1) is 11.6. The Morgan fingerprint density at radius 2 is 2.06 bits per heavy atom. The van der Waals surface area contributed by atoms with Crippen LogP contribution in [0.1, 0.15) is 0 Å². The third-order valence-corrected chi connectivity index (χ3v) is 3.21. The normalized spacial score (nSPS) is 10.7. The fourth-order valence-corrected chi connectivity index (χ4v) is 2.17. The minimum absolute atomic E-state index is 0.499. The van der Waals surface area contributed by atoms with E-state index in [0.29, 0.717) is 26.6 Å². The van der Waals surface area contributed by atoms with Crippen molar-refractivity contribution in [3.05, 3.63) is 28.2 Å². The highest BCUT2D eigenvalue weighted by atomic mass is 35.5. The standard InChI is InChI=1S/C9H8Cl2N4S/c1-16-9-14-13-8(15(9)12)6-3-2-5(10)4-7(6)11/h2-4H,12H2,1H3. The van der Waals surface area contributed by atoms with Gasteiger partial charge in [-0.25, -0.2) is 4.68 Å². The summed E-state index contributed by atoms with van der Waals surface area (Å²) >= 11 is 13.3. The molecular weight excluding hydrogens is 267 g/mol. The van der Waals surface area contributed by atoms with E-state index in [9.17, 15) is 0 Å². The van der Waals surface area contributed by atoms with Crippen molar-refractivity contribution in [1.82, 2.24) is 14.9 Å². The summed E-state index contributed by atoms with van der Waals surface area (Å²) in [4.78, 5) is 0. The Morgan fingerprint density at radius 3 is 2.62 bits per heavy atom. The molecule has 0 aliphatic heterocycles. The van der Waals surface area contributed by atoms with Crippen LogP contribution in [-0.4, -0.2) is 21.1 Å². The zero-order valence-electron chi connectivity index (χ0n) is 8.32. The van der Waals surface area contributed by atoms with Crippen LogP contribution in [0.15, 0.2) is 23.4 Å². The van der Waals surface area contributed by atoms with Gasteiger partial charge in [-0.15, -0.1) is 10.2 Å². The van der Waals surface area contributed by atoms with E-state index >= 15 is 0 Å². The van der Waals surface area contributed by atoms with Crippen molar-refractivity contribution >= 4 is 35.0 Å². The van der Waals surface area contributed by atoms with E-state index in [2.05, 4.69) is 10.2 Å². The number of nitrogen functional groups attached to an aromatic ring is 1. The second-order valence-corrected chi connectivity index (χ2v) is 4.62. The summed E-state index contributed by atoms with van der Waals surface area (Å²) in [5, 5.41) is 9.62. The van der Waals surface area contributed by atoms with Crippen LogP contribution in [0.2, 0.25) is 10.0 Å². The van der Waals surface area contributed by atoms with Gasteiger partial charge in [-0.05, 0) is 24.5 Å². The molecule has 2 aromatic rings. The minimum atomic E-state index is 0.499. The molecule has 0 aliphatic carbocycles. The van der Waals surface area contributed by atoms with Gasteiger partial charge in [-0.1, -0.05) is 35.0 Å². The summed E-state index contributed by atoms with van der Waals surface area (Å²) < 4.78 is 1.40. The van der Waals surface area contributed by atoms with Crippen LogP contribution in [0.4, 0.5) is 0 Å². The van der Waals surface area contributed by atoms with Crippen molar-refractivity contribution in [3.8, 4) is 11.4 Å². The van der Waals surface area contributed by atoms with Crippen molar-refractivity contribution < 1.29 is 0 Å². The Kier molecular flexibility index (Phi) is 3.28. The second-order valence-electron chi connectivity index (χ2n) is 3.00. The molecular formula is C9H8Cl2N4S. The van der Waals surface area contributed by atoms with Crippen molar-refractivity contribution in [2.24, 2.45) is 0 Å². The van der Waals surface area contributed by atoms with Gasteiger partial charge in [-0.3, -0.25) is 0 Å². The van der Waals surface area contributed by atoms with E-state index in [1.165, 1.54) is 16.4 Å². The monoisotopic (exact) mass is 274 g/mol. The average Bonchev–Trinajstić information content (AvgIpc) is 2.60. The highest BCUT2D eigenvalue weighted by Gasteiger charge is 2.13. The molecule has 1 aromatic heterocycles. The molecule has 0 bridgehead atoms. The van der Waals surface area contributed by atoms with Gasteiger partial charge in [0.1, 0.15) is 0 Å². The minimum Gasteiger partial charge on any atom is -0.335 e. The number of hydrogen-bond donors (Lipinski definition) is 1. The van der Waals surface area contributed by atoms with Gasteiger partial charge in [0.2, 0.25) is 5.16 Å². The molecule has 4 nitrogen and oxygen atoms in total. The fourth-order valence-electron chi connectivity index (χ4n) is 1.27. The van der Waals surface area contributed by atoms with Crippen molar-refractivity contribution in [2.45, 2.75) is 5.16 Å². The number of rotatable bonds is 2. The number of nitrogens with zero attached hydrogens (tertiary/aromatic N) is 3. The average molecular weight is 275 g/mol. The topological polar surface area (TPSA) is 56.7 Å².